The third-order valence-electron chi connectivity index (χ3n) is 1.51. The summed E-state index contributed by atoms with van der Waals surface area (Å²) in [6.07, 6.45) is 0.527. The van der Waals surface area contributed by atoms with Crippen LogP contribution in [0.15, 0.2) is 0 Å². The number of ether oxygens (including phenoxy) is 2. The highest BCUT2D eigenvalue weighted by molar-refractivity contribution is 4.55. The molecular formula is C7H16O3. The molecule has 0 spiro atoms. The largest absolute Gasteiger partial charge is 0.396 e. The van der Waals surface area contributed by atoms with Gasteiger partial charge in [-0.1, -0.05) is 6.92 Å². The molecule has 0 aliphatic heterocycles. The number of methoxy groups -OCH3 is 2. The normalized spacial score (nSPS) is 14.1. The number of aliphatic hydroxyl groups excluding tert-OH is 1. The predicted molar refractivity (Wildman–Crippen MR) is 38.7 cm³/mol. The summed E-state index contributed by atoms with van der Waals surface area (Å²) in [7, 11) is 3.20. The van der Waals surface area contributed by atoms with Crippen LogP contribution in [0.4, 0.5) is 0 Å². The average molecular weight is 148 g/mol. The maximum absolute atomic E-state index is 8.57. The summed E-state index contributed by atoms with van der Waals surface area (Å²) < 4.78 is 9.96. The zero-order valence-electron chi connectivity index (χ0n) is 6.83. The van der Waals surface area contributed by atoms with Crippen LogP contribution in [0.25, 0.3) is 0 Å². The predicted octanol–water partition coefficient (Wildman–Crippen LogP) is 0.624. The molecule has 1 atom stereocenters. The van der Waals surface area contributed by atoms with Gasteiger partial charge in [-0.15, -0.1) is 0 Å². The van der Waals surface area contributed by atoms with Gasteiger partial charge in [0.2, 0.25) is 0 Å². The van der Waals surface area contributed by atoms with Crippen molar-refractivity contribution in [3.63, 3.8) is 0 Å². The molecule has 3 nitrogen and oxygen atoms in total. The van der Waals surface area contributed by atoms with E-state index in [0.29, 0.717) is 6.42 Å². The third kappa shape index (κ3) is 3.15. The number of hydrogen-bond donors (Lipinski definition) is 1. The van der Waals surface area contributed by atoms with Gasteiger partial charge >= 0.3 is 0 Å². The fourth-order valence-electron chi connectivity index (χ4n) is 0.901. The Morgan fingerprint density at radius 3 is 2.10 bits per heavy atom. The van der Waals surface area contributed by atoms with E-state index in [1.54, 1.807) is 14.2 Å². The highest BCUT2D eigenvalue weighted by Gasteiger charge is 2.14. The molecule has 0 amide bonds. The first-order chi connectivity index (χ1) is 4.76. The summed E-state index contributed by atoms with van der Waals surface area (Å²) in [4.78, 5) is 0. The Morgan fingerprint density at radius 1 is 1.30 bits per heavy atom. The fourth-order valence-corrected chi connectivity index (χ4v) is 0.901. The first-order valence-corrected chi connectivity index (χ1v) is 3.42. The smallest absolute Gasteiger partial charge is 0.159 e. The SMILES string of the molecule is COC(OC)C(C)CCO. The van der Waals surface area contributed by atoms with Crippen LogP contribution >= 0.6 is 0 Å². The van der Waals surface area contributed by atoms with Crippen molar-refractivity contribution in [3.05, 3.63) is 0 Å². The van der Waals surface area contributed by atoms with Crippen molar-refractivity contribution in [2.24, 2.45) is 5.92 Å². The van der Waals surface area contributed by atoms with Crippen molar-refractivity contribution >= 4 is 0 Å². The molecule has 0 aliphatic carbocycles. The van der Waals surface area contributed by atoms with E-state index in [0.717, 1.165) is 0 Å². The van der Waals surface area contributed by atoms with Crippen LogP contribution in [0, 0.1) is 5.92 Å². The van der Waals surface area contributed by atoms with E-state index in [1.807, 2.05) is 6.92 Å². The Hall–Kier alpha value is -0.120. The Labute approximate surface area is 62.0 Å². The van der Waals surface area contributed by atoms with Gasteiger partial charge in [-0.2, -0.15) is 0 Å². The molecule has 0 radical (unpaired) electrons. The first kappa shape index (κ1) is 9.88. The molecule has 0 saturated carbocycles. The van der Waals surface area contributed by atoms with E-state index in [9.17, 15) is 0 Å². The van der Waals surface area contributed by atoms with Crippen molar-refractivity contribution in [1.29, 1.82) is 0 Å². The van der Waals surface area contributed by atoms with Gasteiger partial charge in [-0.05, 0) is 6.42 Å². The van der Waals surface area contributed by atoms with E-state index in [-0.39, 0.29) is 18.8 Å². The molecule has 0 aliphatic rings. The third-order valence-corrected chi connectivity index (χ3v) is 1.51. The van der Waals surface area contributed by atoms with Gasteiger partial charge in [-0.25, -0.2) is 0 Å². The zero-order valence-corrected chi connectivity index (χ0v) is 6.83. The minimum atomic E-state index is -0.188. The van der Waals surface area contributed by atoms with Gasteiger partial charge in [0, 0.05) is 26.7 Å². The van der Waals surface area contributed by atoms with E-state index < -0.39 is 0 Å². The van der Waals surface area contributed by atoms with Gasteiger partial charge in [0.05, 0.1) is 0 Å². The summed E-state index contributed by atoms with van der Waals surface area (Å²) in [6, 6.07) is 0. The lowest BCUT2D eigenvalue weighted by molar-refractivity contribution is -0.136. The van der Waals surface area contributed by atoms with E-state index >= 15 is 0 Å². The van der Waals surface area contributed by atoms with Crippen LogP contribution in [0.5, 0.6) is 0 Å². The molecule has 3 heteroatoms. The Kier molecular flexibility index (Phi) is 5.58. The Morgan fingerprint density at radius 2 is 1.80 bits per heavy atom. The summed E-state index contributed by atoms with van der Waals surface area (Å²) in [5.41, 5.74) is 0. The van der Waals surface area contributed by atoms with Crippen LogP contribution in [-0.2, 0) is 9.47 Å². The van der Waals surface area contributed by atoms with Crippen LogP contribution in [-0.4, -0.2) is 32.2 Å². The van der Waals surface area contributed by atoms with E-state index in [4.69, 9.17) is 14.6 Å². The Balaban J connectivity index is 3.53. The van der Waals surface area contributed by atoms with E-state index in [2.05, 4.69) is 0 Å². The molecule has 0 bridgehead atoms. The minimum Gasteiger partial charge on any atom is -0.396 e. The summed E-state index contributed by atoms with van der Waals surface area (Å²) in [6.45, 7) is 2.16. The lowest BCUT2D eigenvalue weighted by Gasteiger charge is -2.19. The number of rotatable bonds is 5. The lowest BCUT2D eigenvalue weighted by Crippen LogP contribution is -2.23. The Bertz CT molecular complexity index is 71.3. The second-order valence-electron chi connectivity index (χ2n) is 2.33. The summed E-state index contributed by atoms with van der Waals surface area (Å²) >= 11 is 0. The molecule has 0 heterocycles. The molecule has 10 heavy (non-hydrogen) atoms. The highest BCUT2D eigenvalue weighted by atomic mass is 16.7. The molecule has 0 aromatic rings. The van der Waals surface area contributed by atoms with Crippen molar-refractivity contribution in [1.82, 2.24) is 0 Å². The second-order valence-corrected chi connectivity index (χ2v) is 2.33. The van der Waals surface area contributed by atoms with Crippen LogP contribution < -0.4 is 0 Å². The molecule has 1 N–H and O–H groups in total. The molecular weight excluding hydrogens is 132 g/mol. The topological polar surface area (TPSA) is 38.7 Å². The summed E-state index contributed by atoms with van der Waals surface area (Å²) in [5.74, 6) is 0.250. The molecule has 0 fully saturated rings. The molecule has 0 aromatic heterocycles. The molecule has 0 aromatic carbocycles. The highest BCUT2D eigenvalue weighted by Crippen LogP contribution is 2.10. The standard InChI is InChI=1S/C7H16O3/c1-6(4-5-8)7(9-2)10-3/h6-8H,4-5H2,1-3H3. The van der Waals surface area contributed by atoms with Crippen LogP contribution in [0.2, 0.25) is 0 Å². The second kappa shape index (κ2) is 5.65. The van der Waals surface area contributed by atoms with Crippen LogP contribution in [0.1, 0.15) is 13.3 Å². The van der Waals surface area contributed by atoms with Crippen molar-refractivity contribution < 1.29 is 14.6 Å². The monoisotopic (exact) mass is 148 g/mol. The quantitative estimate of drug-likeness (QED) is 0.581. The molecule has 1 unspecified atom stereocenters. The van der Waals surface area contributed by atoms with Crippen molar-refractivity contribution in [3.8, 4) is 0 Å². The number of hydrogen-bond acceptors (Lipinski definition) is 3. The molecule has 62 valence electrons. The van der Waals surface area contributed by atoms with Gasteiger partial charge in [-0.3, -0.25) is 0 Å². The van der Waals surface area contributed by atoms with Crippen LogP contribution in [0.3, 0.4) is 0 Å². The minimum absolute atomic E-state index is 0.185. The molecule has 0 saturated heterocycles. The van der Waals surface area contributed by atoms with Gasteiger partial charge < -0.3 is 14.6 Å². The molecule has 0 rings (SSSR count). The van der Waals surface area contributed by atoms with E-state index in [1.165, 1.54) is 0 Å². The number of aliphatic hydroxyl groups is 1. The van der Waals surface area contributed by atoms with Gasteiger partial charge in [0.1, 0.15) is 0 Å². The maximum atomic E-state index is 8.57. The summed E-state index contributed by atoms with van der Waals surface area (Å²) in [5, 5.41) is 8.57. The lowest BCUT2D eigenvalue weighted by atomic mass is 10.1. The maximum Gasteiger partial charge on any atom is 0.159 e. The zero-order chi connectivity index (χ0) is 7.98. The average Bonchev–Trinajstić information content (AvgIpc) is 1.91. The van der Waals surface area contributed by atoms with Crippen molar-refractivity contribution in [2.75, 3.05) is 20.8 Å². The first-order valence-electron chi connectivity index (χ1n) is 3.42. The fraction of sp³-hybridized carbons (Fsp3) is 1.00. The van der Waals surface area contributed by atoms with Crippen molar-refractivity contribution in [2.45, 2.75) is 19.6 Å². The van der Waals surface area contributed by atoms with Gasteiger partial charge in [0.25, 0.3) is 0 Å². The van der Waals surface area contributed by atoms with Gasteiger partial charge in [0.15, 0.2) is 6.29 Å².